The molecule has 118 valence electrons. The molecule has 0 bridgehead atoms. The summed E-state index contributed by atoms with van der Waals surface area (Å²) in [5.41, 5.74) is 1.99. The number of aliphatic hydroxyl groups excluding tert-OH is 2. The average Bonchev–Trinajstić information content (AvgIpc) is 2.80. The molecule has 2 heterocycles. The maximum Gasteiger partial charge on any atom is 0.240 e. The number of nitrogens with one attached hydrogen (secondary N) is 1. The summed E-state index contributed by atoms with van der Waals surface area (Å²) >= 11 is 0. The molecule has 1 aliphatic heterocycles. The molecular formula is C16H20N2O4. The smallest absolute Gasteiger partial charge is 0.240 e. The van der Waals surface area contributed by atoms with Crippen LogP contribution >= 0.6 is 0 Å². The Labute approximate surface area is 128 Å². The fraction of sp³-hybridized carbons (Fsp3) is 0.438. The highest BCUT2D eigenvalue weighted by Gasteiger charge is 2.32. The second-order valence-corrected chi connectivity index (χ2v) is 5.70. The van der Waals surface area contributed by atoms with Gasteiger partial charge >= 0.3 is 0 Å². The van der Waals surface area contributed by atoms with Gasteiger partial charge in [-0.05, 0) is 24.4 Å². The number of para-hydroxylation sites is 1. The Morgan fingerprint density at radius 3 is 2.95 bits per heavy atom. The third-order valence-electron chi connectivity index (χ3n) is 4.06. The van der Waals surface area contributed by atoms with Crippen molar-refractivity contribution in [2.45, 2.75) is 31.7 Å². The Kier molecular flexibility index (Phi) is 4.15. The van der Waals surface area contributed by atoms with Gasteiger partial charge in [-0.25, -0.2) is 0 Å². The Morgan fingerprint density at radius 2 is 2.14 bits per heavy atom. The van der Waals surface area contributed by atoms with E-state index >= 15 is 0 Å². The molecule has 3 N–H and O–H groups in total. The van der Waals surface area contributed by atoms with Crippen LogP contribution in [0.5, 0.6) is 0 Å². The molecule has 1 aromatic heterocycles. The van der Waals surface area contributed by atoms with Crippen molar-refractivity contribution in [2.75, 3.05) is 13.2 Å². The van der Waals surface area contributed by atoms with Gasteiger partial charge < -0.3 is 24.8 Å². The van der Waals surface area contributed by atoms with Gasteiger partial charge in [0.05, 0.1) is 19.3 Å². The van der Waals surface area contributed by atoms with Gasteiger partial charge in [0.25, 0.3) is 0 Å². The summed E-state index contributed by atoms with van der Waals surface area (Å²) in [6, 6.07) is 9.32. The summed E-state index contributed by atoms with van der Waals surface area (Å²) < 4.78 is 7.09. The highest BCUT2D eigenvalue weighted by molar-refractivity contribution is 5.84. The summed E-state index contributed by atoms with van der Waals surface area (Å²) in [6.45, 7) is 2.42. The number of ether oxygens (including phenoxy) is 1. The Hall–Kier alpha value is -1.89. The van der Waals surface area contributed by atoms with Crippen LogP contribution in [0.15, 0.2) is 30.3 Å². The van der Waals surface area contributed by atoms with Gasteiger partial charge in [0.2, 0.25) is 5.91 Å². The molecule has 0 spiro atoms. The van der Waals surface area contributed by atoms with Crippen LogP contribution in [0.4, 0.5) is 0 Å². The molecule has 6 heteroatoms. The largest absolute Gasteiger partial charge is 0.388 e. The van der Waals surface area contributed by atoms with E-state index in [1.165, 1.54) is 0 Å². The maximum absolute atomic E-state index is 12.2. The van der Waals surface area contributed by atoms with Crippen LogP contribution in [0.2, 0.25) is 0 Å². The zero-order chi connectivity index (χ0) is 15.7. The molecular weight excluding hydrogens is 284 g/mol. The molecule has 0 aliphatic carbocycles. The number of benzene rings is 1. The molecule has 3 atom stereocenters. The van der Waals surface area contributed by atoms with Crippen LogP contribution in [0, 0.1) is 6.92 Å². The Morgan fingerprint density at radius 1 is 1.36 bits per heavy atom. The minimum Gasteiger partial charge on any atom is -0.388 e. The van der Waals surface area contributed by atoms with Crippen molar-refractivity contribution < 1.29 is 19.7 Å². The zero-order valence-electron chi connectivity index (χ0n) is 12.4. The molecule has 22 heavy (non-hydrogen) atoms. The van der Waals surface area contributed by atoms with Gasteiger partial charge in [-0.3, -0.25) is 4.79 Å². The number of carbonyl (C=O) groups excluding carboxylic acids is 1. The standard InChI is InChI=1S/C16H20N2O4/c1-10-6-11-4-2-3-5-13(11)18(10)7-15(20)17-12-8-22-9-14(19)16(12)21/h2-6,12,14,16,19,21H,7-9H2,1H3,(H,17,20)/t12-,14-,16+/m1/s1. The first-order chi connectivity index (χ1) is 10.6. The predicted octanol–water partition coefficient (Wildman–Crippen LogP) is 0.187. The lowest BCUT2D eigenvalue weighted by atomic mass is 10.0. The number of carbonyl (C=O) groups is 1. The van der Waals surface area contributed by atoms with Crippen LogP contribution in [0.3, 0.4) is 0 Å². The Bertz CT molecular complexity index is 682. The van der Waals surface area contributed by atoms with Crippen molar-refractivity contribution in [1.29, 1.82) is 0 Å². The molecule has 3 rings (SSSR count). The highest BCUT2D eigenvalue weighted by Crippen LogP contribution is 2.19. The van der Waals surface area contributed by atoms with Crippen LogP contribution in [-0.2, 0) is 16.1 Å². The number of rotatable bonds is 3. The number of hydrogen-bond acceptors (Lipinski definition) is 4. The summed E-state index contributed by atoms with van der Waals surface area (Å²) in [5.74, 6) is -0.216. The fourth-order valence-electron chi connectivity index (χ4n) is 2.86. The summed E-state index contributed by atoms with van der Waals surface area (Å²) in [5, 5.41) is 23.3. The van der Waals surface area contributed by atoms with Crippen molar-refractivity contribution in [2.24, 2.45) is 0 Å². The molecule has 1 aliphatic rings. The summed E-state index contributed by atoms with van der Waals surface area (Å²) in [4.78, 5) is 12.2. The number of nitrogens with zero attached hydrogens (tertiary/aromatic N) is 1. The molecule has 1 saturated heterocycles. The summed E-state index contributed by atoms with van der Waals surface area (Å²) in [7, 11) is 0. The number of amides is 1. The highest BCUT2D eigenvalue weighted by atomic mass is 16.5. The minimum atomic E-state index is -1.000. The zero-order valence-corrected chi connectivity index (χ0v) is 12.4. The van der Waals surface area contributed by atoms with Crippen LogP contribution < -0.4 is 5.32 Å². The number of hydrogen-bond donors (Lipinski definition) is 3. The molecule has 0 radical (unpaired) electrons. The van der Waals surface area contributed by atoms with Gasteiger partial charge in [0.15, 0.2) is 0 Å². The molecule has 1 aromatic carbocycles. The van der Waals surface area contributed by atoms with E-state index in [9.17, 15) is 15.0 Å². The Balaban J connectivity index is 1.72. The third kappa shape index (κ3) is 2.85. The van der Waals surface area contributed by atoms with Crippen molar-refractivity contribution in [1.82, 2.24) is 9.88 Å². The second kappa shape index (κ2) is 6.08. The van der Waals surface area contributed by atoms with Crippen LogP contribution in [0.1, 0.15) is 5.69 Å². The lowest BCUT2D eigenvalue weighted by Crippen LogP contribution is -2.56. The maximum atomic E-state index is 12.2. The molecule has 6 nitrogen and oxygen atoms in total. The predicted molar refractivity (Wildman–Crippen MR) is 81.4 cm³/mol. The van der Waals surface area contributed by atoms with Crippen molar-refractivity contribution in [3.05, 3.63) is 36.0 Å². The van der Waals surface area contributed by atoms with Crippen LogP contribution in [-0.4, -0.2) is 52.2 Å². The van der Waals surface area contributed by atoms with Crippen LogP contribution in [0.25, 0.3) is 10.9 Å². The van der Waals surface area contributed by atoms with Gasteiger partial charge in [-0.2, -0.15) is 0 Å². The first-order valence-corrected chi connectivity index (χ1v) is 7.34. The topological polar surface area (TPSA) is 83.7 Å². The van der Waals surface area contributed by atoms with E-state index in [0.717, 1.165) is 16.6 Å². The van der Waals surface area contributed by atoms with Gasteiger partial charge in [-0.15, -0.1) is 0 Å². The normalized spacial score (nSPS) is 25.3. The van der Waals surface area contributed by atoms with E-state index in [1.54, 1.807) is 0 Å². The van der Waals surface area contributed by atoms with E-state index in [0.29, 0.717) is 0 Å². The van der Waals surface area contributed by atoms with Crippen molar-refractivity contribution in [3.8, 4) is 0 Å². The van der Waals surface area contributed by atoms with Gasteiger partial charge in [-0.1, -0.05) is 18.2 Å². The number of aryl methyl sites for hydroxylation is 1. The molecule has 0 unspecified atom stereocenters. The van der Waals surface area contributed by atoms with E-state index in [4.69, 9.17) is 4.74 Å². The number of aliphatic hydroxyl groups is 2. The SMILES string of the molecule is Cc1cc2ccccc2n1CC(=O)N[C@@H]1COC[C@@H](O)[C@H]1O. The second-order valence-electron chi connectivity index (χ2n) is 5.70. The third-order valence-corrected chi connectivity index (χ3v) is 4.06. The van der Waals surface area contributed by atoms with E-state index in [-0.39, 0.29) is 25.7 Å². The van der Waals surface area contributed by atoms with Gasteiger partial charge in [0.1, 0.15) is 18.8 Å². The number of aromatic nitrogens is 1. The van der Waals surface area contributed by atoms with E-state index < -0.39 is 18.2 Å². The minimum absolute atomic E-state index is 0.0921. The molecule has 1 fully saturated rings. The lowest BCUT2D eigenvalue weighted by Gasteiger charge is -2.32. The molecule has 0 saturated carbocycles. The number of fused-ring (bicyclic) bond motifs is 1. The first-order valence-electron chi connectivity index (χ1n) is 7.34. The van der Waals surface area contributed by atoms with Crippen molar-refractivity contribution >= 4 is 16.8 Å². The molecule has 1 amide bonds. The lowest BCUT2D eigenvalue weighted by molar-refractivity contribution is -0.132. The monoisotopic (exact) mass is 304 g/mol. The quantitative estimate of drug-likeness (QED) is 0.756. The van der Waals surface area contributed by atoms with Crippen molar-refractivity contribution in [3.63, 3.8) is 0 Å². The van der Waals surface area contributed by atoms with Gasteiger partial charge in [0, 0.05) is 11.2 Å². The van der Waals surface area contributed by atoms with E-state index in [1.807, 2.05) is 41.8 Å². The fourth-order valence-corrected chi connectivity index (χ4v) is 2.86. The first kappa shape index (κ1) is 15.0. The molecule has 2 aromatic rings. The summed E-state index contributed by atoms with van der Waals surface area (Å²) in [6.07, 6.45) is -1.96. The average molecular weight is 304 g/mol. The van der Waals surface area contributed by atoms with E-state index in [2.05, 4.69) is 5.32 Å².